The minimum atomic E-state index is -0.774. The Morgan fingerprint density at radius 2 is 1.93 bits per heavy atom. The fraction of sp³-hybridized carbons (Fsp3) is 0.345. The van der Waals surface area contributed by atoms with E-state index in [9.17, 15) is 9.59 Å². The molecule has 2 aromatic carbocycles. The topological polar surface area (TPSA) is 133 Å². The number of nitrogens with one attached hydrogen (secondary N) is 2. The summed E-state index contributed by atoms with van der Waals surface area (Å²) in [5.41, 5.74) is 3.63. The molecule has 210 valence electrons. The van der Waals surface area contributed by atoms with E-state index >= 15 is 0 Å². The molecule has 0 bridgehead atoms. The molecule has 1 aliphatic rings. The Bertz CT molecular complexity index is 1520. The fourth-order valence-electron chi connectivity index (χ4n) is 4.88. The molecule has 1 aliphatic heterocycles. The molecule has 2 unspecified atom stereocenters. The molecular weight excluding hydrogens is 514 g/mol. The average molecular weight is 548 g/mol. The highest BCUT2D eigenvalue weighted by molar-refractivity contribution is 5.91. The van der Waals surface area contributed by atoms with Crippen molar-refractivity contribution >= 4 is 16.9 Å². The second kappa shape index (κ2) is 12.3. The van der Waals surface area contributed by atoms with E-state index in [1.54, 1.807) is 10.8 Å². The molecule has 0 fully saturated rings. The maximum Gasteiger partial charge on any atom is 0.286 e. The van der Waals surface area contributed by atoms with Gasteiger partial charge in [-0.05, 0) is 37.3 Å². The van der Waals surface area contributed by atoms with E-state index in [-0.39, 0.29) is 44.3 Å². The normalized spacial score (nSPS) is 17.0. The van der Waals surface area contributed by atoms with Crippen LogP contribution in [0.4, 0.5) is 0 Å². The number of hydrogen-bond donors (Lipinski definition) is 3. The number of ether oxygens (including phenoxy) is 3. The molecule has 0 radical (unpaired) electrons. The third kappa shape index (κ3) is 5.86. The van der Waals surface area contributed by atoms with Crippen LogP contribution in [-0.2, 0) is 32.6 Å². The third-order valence-electron chi connectivity index (χ3n) is 6.87. The lowest BCUT2D eigenvalue weighted by Crippen LogP contribution is -2.34. The van der Waals surface area contributed by atoms with Gasteiger partial charge in [0, 0.05) is 30.6 Å². The van der Waals surface area contributed by atoms with Gasteiger partial charge in [0.1, 0.15) is 5.82 Å². The molecule has 40 heavy (non-hydrogen) atoms. The lowest BCUT2D eigenvalue weighted by atomic mass is 9.93. The summed E-state index contributed by atoms with van der Waals surface area (Å²) in [5, 5.41) is 11.8. The van der Waals surface area contributed by atoms with Crippen LogP contribution in [0.1, 0.15) is 29.4 Å². The first-order chi connectivity index (χ1) is 19.5. The number of hydrogen-bond acceptors (Lipinski definition) is 7. The number of H-pyrrole nitrogens is 1. The first-order valence-corrected chi connectivity index (χ1v) is 13.2. The van der Waals surface area contributed by atoms with Crippen molar-refractivity contribution in [2.75, 3.05) is 26.4 Å². The summed E-state index contributed by atoms with van der Waals surface area (Å²) in [6, 6.07) is 17.0. The van der Waals surface area contributed by atoms with Gasteiger partial charge in [-0.1, -0.05) is 30.3 Å². The van der Waals surface area contributed by atoms with E-state index in [1.165, 1.54) is 0 Å². The summed E-state index contributed by atoms with van der Waals surface area (Å²) in [5.74, 6) is -0.177. The van der Waals surface area contributed by atoms with Crippen LogP contribution in [0.5, 0.6) is 0 Å². The monoisotopic (exact) mass is 547 g/mol. The smallest absolute Gasteiger partial charge is 0.286 e. The minimum Gasteiger partial charge on any atom is -0.459 e. The standard InChI is InChI=1S/C29H33N5O6/c1-19-27(29(37)34(33(19)2)21-8-4-3-5-9-21)20-16-24(40-26(17-20)39-15-14-38-13-12-35)28(36)30-18-25-31-22-10-6-7-11-23(22)32-25/h3-11,16,20,26,35H,12-15,17-18H2,1-2H3,(H,30,36)(H,31,32). The molecule has 1 amide bonds. The zero-order valence-electron chi connectivity index (χ0n) is 22.5. The molecule has 0 spiro atoms. The second-order valence-electron chi connectivity index (χ2n) is 9.49. The Labute approximate surface area is 231 Å². The van der Waals surface area contributed by atoms with Gasteiger partial charge >= 0.3 is 0 Å². The Kier molecular flexibility index (Phi) is 8.44. The Balaban J connectivity index is 1.39. The van der Waals surface area contributed by atoms with Crippen LogP contribution in [0.15, 0.2) is 71.2 Å². The second-order valence-corrected chi connectivity index (χ2v) is 9.49. The summed E-state index contributed by atoms with van der Waals surface area (Å²) in [4.78, 5) is 34.6. The highest BCUT2D eigenvalue weighted by Gasteiger charge is 2.33. The Morgan fingerprint density at radius 1 is 1.15 bits per heavy atom. The van der Waals surface area contributed by atoms with Crippen molar-refractivity contribution in [3.63, 3.8) is 0 Å². The van der Waals surface area contributed by atoms with Gasteiger partial charge < -0.3 is 29.6 Å². The number of nitrogens with zero attached hydrogens (tertiary/aromatic N) is 3. The SMILES string of the molecule is Cc1c(C2C=C(C(=O)NCc3nc4ccccc4[nH]3)OC(OCCOCCO)C2)c(=O)n(-c2ccccc2)n1C. The minimum absolute atomic E-state index is 0.0718. The molecular formula is C29H33N5O6. The van der Waals surface area contributed by atoms with Gasteiger partial charge in [-0.3, -0.25) is 14.3 Å². The summed E-state index contributed by atoms with van der Waals surface area (Å²) < 4.78 is 20.5. The maximum atomic E-state index is 13.7. The lowest BCUT2D eigenvalue weighted by Gasteiger charge is -2.28. The molecule has 5 rings (SSSR count). The first kappa shape index (κ1) is 27.4. The number of allylic oxidation sites excluding steroid dienone is 1. The highest BCUT2D eigenvalue weighted by Crippen LogP contribution is 2.32. The molecule has 4 aromatic rings. The summed E-state index contributed by atoms with van der Waals surface area (Å²) in [6.07, 6.45) is 1.26. The van der Waals surface area contributed by atoms with Gasteiger partial charge in [0.05, 0.1) is 49.7 Å². The van der Waals surface area contributed by atoms with Crippen LogP contribution in [0.2, 0.25) is 0 Å². The van der Waals surface area contributed by atoms with Crippen molar-refractivity contribution < 1.29 is 24.1 Å². The molecule has 3 heterocycles. The number of carbonyl (C=O) groups excluding carboxylic acids is 1. The number of fused-ring (bicyclic) bond motifs is 1. The number of aliphatic hydroxyl groups is 1. The van der Waals surface area contributed by atoms with E-state index < -0.39 is 18.1 Å². The van der Waals surface area contributed by atoms with Gasteiger partial charge in [-0.25, -0.2) is 9.67 Å². The number of imidazole rings is 1. The van der Waals surface area contributed by atoms with Crippen LogP contribution in [-0.4, -0.2) is 63.1 Å². The number of carbonyl (C=O) groups is 1. The number of rotatable bonds is 11. The van der Waals surface area contributed by atoms with Crippen molar-refractivity contribution in [1.29, 1.82) is 0 Å². The van der Waals surface area contributed by atoms with Crippen molar-refractivity contribution in [2.45, 2.75) is 32.1 Å². The van der Waals surface area contributed by atoms with Crippen molar-refractivity contribution in [3.05, 3.63) is 93.9 Å². The number of benzene rings is 2. The molecule has 0 saturated carbocycles. The summed E-state index contributed by atoms with van der Waals surface area (Å²) in [7, 11) is 1.84. The van der Waals surface area contributed by atoms with Crippen molar-refractivity contribution in [3.8, 4) is 5.69 Å². The summed E-state index contributed by atoms with van der Waals surface area (Å²) >= 11 is 0. The zero-order chi connectivity index (χ0) is 28.1. The number of para-hydroxylation sites is 3. The Hall–Kier alpha value is -4.19. The van der Waals surface area contributed by atoms with Gasteiger partial charge in [0.25, 0.3) is 11.5 Å². The largest absolute Gasteiger partial charge is 0.459 e. The molecule has 11 nitrogen and oxygen atoms in total. The number of aliphatic hydroxyl groups excluding tert-OH is 1. The number of amides is 1. The van der Waals surface area contributed by atoms with E-state index in [0.29, 0.717) is 17.8 Å². The van der Waals surface area contributed by atoms with Crippen molar-refractivity contribution in [2.24, 2.45) is 7.05 Å². The van der Waals surface area contributed by atoms with Crippen molar-refractivity contribution in [1.82, 2.24) is 24.6 Å². The van der Waals surface area contributed by atoms with Gasteiger partial charge in [-0.15, -0.1) is 0 Å². The maximum absolute atomic E-state index is 13.7. The fourth-order valence-corrected chi connectivity index (χ4v) is 4.88. The molecule has 2 aromatic heterocycles. The third-order valence-corrected chi connectivity index (χ3v) is 6.87. The van der Waals surface area contributed by atoms with Crippen LogP contribution in [0.25, 0.3) is 16.7 Å². The quantitative estimate of drug-likeness (QED) is 0.246. The van der Waals surface area contributed by atoms with Crippen LogP contribution in [0, 0.1) is 6.92 Å². The van der Waals surface area contributed by atoms with E-state index in [2.05, 4.69) is 15.3 Å². The van der Waals surface area contributed by atoms with Gasteiger partial charge in [0.2, 0.25) is 6.29 Å². The average Bonchev–Trinajstić information content (AvgIpc) is 3.49. The Morgan fingerprint density at radius 3 is 2.70 bits per heavy atom. The van der Waals surface area contributed by atoms with Gasteiger partial charge in [-0.2, -0.15) is 0 Å². The lowest BCUT2D eigenvalue weighted by molar-refractivity contribution is -0.151. The molecule has 2 atom stereocenters. The predicted octanol–water partition coefficient (Wildman–Crippen LogP) is 2.42. The zero-order valence-corrected chi connectivity index (χ0v) is 22.5. The summed E-state index contributed by atoms with van der Waals surface area (Å²) in [6.45, 7) is 2.64. The highest BCUT2D eigenvalue weighted by atomic mass is 16.7. The molecule has 0 aliphatic carbocycles. The number of aromatic nitrogens is 4. The van der Waals surface area contributed by atoms with E-state index in [1.807, 2.05) is 73.3 Å². The molecule has 11 heteroatoms. The van der Waals surface area contributed by atoms with Crippen LogP contribution < -0.4 is 10.9 Å². The predicted molar refractivity (Wildman–Crippen MR) is 148 cm³/mol. The van der Waals surface area contributed by atoms with Crippen LogP contribution >= 0.6 is 0 Å². The van der Waals surface area contributed by atoms with Gasteiger partial charge in [0.15, 0.2) is 5.76 Å². The first-order valence-electron chi connectivity index (χ1n) is 13.2. The molecule has 3 N–H and O–H groups in total. The van der Waals surface area contributed by atoms with E-state index in [4.69, 9.17) is 19.3 Å². The number of aromatic amines is 1. The van der Waals surface area contributed by atoms with Crippen LogP contribution in [0.3, 0.4) is 0 Å². The van der Waals surface area contributed by atoms with E-state index in [0.717, 1.165) is 22.4 Å². The molecule has 0 saturated heterocycles.